The van der Waals surface area contributed by atoms with Gasteiger partial charge in [0.2, 0.25) is 0 Å². The highest BCUT2D eigenvalue weighted by molar-refractivity contribution is 5.68. The first kappa shape index (κ1) is 20.6. The van der Waals surface area contributed by atoms with Crippen LogP contribution in [0.25, 0.3) is 0 Å². The second-order valence-electron chi connectivity index (χ2n) is 5.02. The Morgan fingerprint density at radius 1 is 0.960 bits per heavy atom. The topological polar surface area (TPSA) is 150 Å². The van der Waals surface area contributed by atoms with Gasteiger partial charge in [-0.3, -0.25) is 14.4 Å². The minimum absolute atomic E-state index is 0.630. The second kappa shape index (κ2) is 9.13. The largest absolute Gasteiger partial charge is 0.456 e. The normalized spacial score (nSPS) is 28.6. The van der Waals surface area contributed by atoms with Crippen LogP contribution in [0, 0.1) is 10.1 Å². The molecule has 1 saturated heterocycles. The van der Waals surface area contributed by atoms with E-state index in [1.165, 1.54) is 7.11 Å². The van der Waals surface area contributed by atoms with Crippen LogP contribution in [0.15, 0.2) is 0 Å². The predicted molar refractivity (Wildman–Crippen MR) is 75.3 cm³/mol. The number of carbonyl (C=O) groups is 3. The minimum atomic E-state index is -1.32. The van der Waals surface area contributed by atoms with Crippen LogP contribution < -0.4 is 0 Å². The molecule has 1 aliphatic rings. The van der Waals surface area contributed by atoms with Gasteiger partial charge in [0, 0.05) is 27.9 Å². The molecule has 0 aromatic carbocycles. The summed E-state index contributed by atoms with van der Waals surface area (Å²) in [5.74, 6) is -2.26. The van der Waals surface area contributed by atoms with Crippen LogP contribution in [0.5, 0.6) is 0 Å². The van der Waals surface area contributed by atoms with Crippen LogP contribution in [-0.2, 0) is 42.9 Å². The van der Waals surface area contributed by atoms with Crippen LogP contribution in [-0.4, -0.2) is 67.4 Å². The van der Waals surface area contributed by atoms with Crippen LogP contribution >= 0.6 is 0 Å². The standard InChI is InChI=1S/C13H19NO11/c1-6(15)22-10-9(5-21-14(18)19)25-13(20-4)12(24-8(3)17)11(10)23-7(2)16/h9-13H,5H2,1-4H3/t9-,10-,11+,12-,13+/m1/s1. The van der Waals surface area contributed by atoms with Gasteiger partial charge in [-0.15, -0.1) is 10.1 Å². The van der Waals surface area contributed by atoms with Crippen LogP contribution in [0.4, 0.5) is 0 Å². The highest BCUT2D eigenvalue weighted by atomic mass is 17.0. The van der Waals surface area contributed by atoms with Gasteiger partial charge in [-0.25, -0.2) is 0 Å². The molecule has 1 rings (SSSR count). The van der Waals surface area contributed by atoms with E-state index in [9.17, 15) is 24.5 Å². The Morgan fingerprint density at radius 2 is 1.44 bits per heavy atom. The van der Waals surface area contributed by atoms with Crippen molar-refractivity contribution in [3.05, 3.63) is 10.1 Å². The zero-order valence-corrected chi connectivity index (χ0v) is 14.0. The number of methoxy groups -OCH3 is 1. The smallest absolute Gasteiger partial charge is 0.303 e. The lowest BCUT2D eigenvalue weighted by Crippen LogP contribution is -2.62. The number of rotatable bonds is 7. The summed E-state index contributed by atoms with van der Waals surface area (Å²) in [5, 5.41) is 9.36. The molecule has 0 N–H and O–H groups in total. The molecule has 0 spiro atoms. The zero-order chi connectivity index (χ0) is 19.1. The lowest BCUT2D eigenvalue weighted by Gasteiger charge is -2.43. The van der Waals surface area contributed by atoms with Crippen LogP contribution in [0.3, 0.4) is 0 Å². The van der Waals surface area contributed by atoms with E-state index in [-0.39, 0.29) is 0 Å². The molecular formula is C13H19NO11. The van der Waals surface area contributed by atoms with Crippen LogP contribution in [0.1, 0.15) is 20.8 Å². The maximum absolute atomic E-state index is 11.4. The van der Waals surface area contributed by atoms with Crippen molar-refractivity contribution in [2.75, 3.05) is 13.7 Å². The van der Waals surface area contributed by atoms with Gasteiger partial charge in [-0.2, -0.15) is 0 Å². The highest BCUT2D eigenvalue weighted by Crippen LogP contribution is 2.29. The Labute approximate surface area is 142 Å². The molecule has 1 aliphatic heterocycles. The molecule has 0 aromatic heterocycles. The molecule has 1 fully saturated rings. The molecule has 0 aliphatic carbocycles. The van der Waals surface area contributed by atoms with E-state index in [4.69, 9.17) is 23.7 Å². The van der Waals surface area contributed by atoms with Crippen molar-refractivity contribution in [1.29, 1.82) is 0 Å². The number of ether oxygens (including phenoxy) is 5. The third-order valence-corrected chi connectivity index (χ3v) is 3.07. The fourth-order valence-electron chi connectivity index (χ4n) is 2.31. The molecular weight excluding hydrogens is 346 g/mol. The van der Waals surface area contributed by atoms with E-state index in [0.717, 1.165) is 20.8 Å². The quantitative estimate of drug-likeness (QED) is 0.245. The Balaban J connectivity index is 3.18. The molecule has 0 aromatic rings. The zero-order valence-electron chi connectivity index (χ0n) is 14.0. The number of nitrogens with zero attached hydrogens (tertiary/aromatic N) is 1. The summed E-state index contributed by atoms with van der Waals surface area (Å²) >= 11 is 0. The van der Waals surface area contributed by atoms with Crippen molar-refractivity contribution < 1.29 is 48.0 Å². The highest BCUT2D eigenvalue weighted by Gasteiger charge is 2.52. The third-order valence-electron chi connectivity index (χ3n) is 3.07. The molecule has 12 heteroatoms. The van der Waals surface area contributed by atoms with Gasteiger partial charge in [-0.1, -0.05) is 0 Å². The van der Waals surface area contributed by atoms with Gasteiger partial charge in [0.25, 0.3) is 5.09 Å². The van der Waals surface area contributed by atoms with Gasteiger partial charge >= 0.3 is 17.9 Å². The summed E-state index contributed by atoms with van der Waals surface area (Å²) in [6.07, 6.45) is -6.35. The monoisotopic (exact) mass is 365 g/mol. The summed E-state index contributed by atoms with van der Waals surface area (Å²) in [7, 11) is 1.23. The average molecular weight is 365 g/mol. The Kier molecular flexibility index (Phi) is 7.51. The molecule has 0 radical (unpaired) electrons. The molecule has 0 saturated carbocycles. The molecule has 0 amide bonds. The van der Waals surface area contributed by atoms with E-state index in [2.05, 4.69) is 4.84 Å². The molecule has 25 heavy (non-hydrogen) atoms. The molecule has 142 valence electrons. The fourth-order valence-corrected chi connectivity index (χ4v) is 2.31. The van der Waals surface area contributed by atoms with E-state index in [0.29, 0.717) is 0 Å². The minimum Gasteiger partial charge on any atom is -0.456 e. The summed E-state index contributed by atoms with van der Waals surface area (Å²) in [4.78, 5) is 48.8. The van der Waals surface area contributed by atoms with E-state index in [1.54, 1.807) is 0 Å². The van der Waals surface area contributed by atoms with Crippen molar-refractivity contribution in [3.8, 4) is 0 Å². The number of hydrogen-bond acceptors (Lipinski definition) is 11. The lowest BCUT2D eigenvalue weighted by molar-refractivity contribution is -0.760. The van der Waals surface area contributed by atoms with E-state index < -0.39 is 60.3 Å². The summed E-state index contributed by atoms with van der Waals surface area (Å²) in [5.41, 5.74) is 0. The average Bonchev–Trinajstić information content (AvgIpc) is 2.48. The van der Waals surface area contributed by atoms with Gasteiger partial charge < -0.3 is 28.5 Å². The molecule has 0 unspecified atom stereocenters. The predicted octanol–water partition coefficient (Wildman–Crippen LogP) is -0.639. The van der Waals surface area contributed by atoms with E-state index in [1.807, 2.05) is 0 Å². The van der Waals surface area contributed by atoms with Gasteiger partial charge in [-0.05, 0) is 0 Å². The first-order chi connectivity index (χ1) is 11.6. The molecule has 1 heterocycles. The Hall–Kier alpha value is -2.47. The van der Waals surface area contributed by atoms with Crippen molar-refractivity contribution in [1.82, 2.24) is 0 Å². The van der Waals surface area contributed by atoms with Gasteiger partial charge in [0.1, 0.15) is 12.7 Å². The molecule has 5 atom stereocenters. The summed E-state index contributed by atoms with van der Waals surface area (Å²) < 4.78 is 25.7. The Bertz CT molecular complexity index is 522. The number of esters is 3. The fraction of sp³-hybridized carbons (Fsp3) is 0.769. The molecule has 12 nitrogen and oxygen atoms in total. The van der Waals surface area contributed by atoms with Crippen molar-refractivity contribution in [2.24, 2.45) is 0 Å². The van der Waals surface area contributed by atoms with Crippen molar-refractivity contribution >= 4 is 17.9 Å². The van der Waals surface area contributed by atoms with Gasteiger partial charge in [0.15, 0.2) is 24.6 Å². The van der Waals surface area contributed by atoms with Gasteiger partial charge in [0.05, 0.1) is 0 Å². The van der Waals surface area contributed by atoms with Crippen LogP contribution in [0.2, 0.25) is 0 Å². The van der Waals surface area contributed by atoms with Crippen molar-refractivity contribution in [2.45, 2.75) is 51.5 Å². The summed E-state index contributed by atoms with van der Waals surface area (Å²) in [6, 6.07) is 0. The summed E-state index contributed by atoms with van der Waals surface area (Å²) in [6.45, 7) is 2.66. The van der Waals surface area contributed by atoms with E-state index >= 15 is 0 Å². The second-order valence-corrected chi connectivity index (χ2v) is 5.02. The number of hydrogen-bond donors (Lipinski definition) is 0. The Morgan fingerprint density at radius 3 is 1.88 bits per heavy atom. The maximum atomic E-state index is 11.4. The maximum Gasteiger partial charge on any atom is 0.303 e. The SMILES string of the molecule is CO[C@H]1O[C@H](CO[N+](=O)[O-])[C@@H](OC(C)=O)[C@H](OC(C)=O)[C@H]1OC(C)=O. The van der Waals surface area contributed by atoms with Crippen molar-refractivity contribution in [3.63, 3.8) is 0 Å². The third kappa shape index (κ3) is 6.15. The first-order valence-corrected chi connectivity index (χ1v) is 7.13. The molecule has 0 bridgehead atoms. The first-order valence-electron chi connectivity index (χ1n) is 7.13. The number of carbonyl (C=O) groups excluding carboxylic acids is 3. The lowest BCUT2D eigenvalue weighted by atomic mass is 9.98.